The van der Waals surface area contributed by atoms with Gasteiger partial charge in [-0.1, -0.05) is 23.2 Å². The first-order valence-corrected chi connectivity index (χ1v) is 6.18. The first-order chi connectivity index (χ1) is 7.70. The van der Waals surface area contributed by atoms with Gasteiger partial charge >= 0.3 is 0 Å². The molecular weight excluding hydrogens is 247 g/mol. The third-order valence-electron chi connectivity index (χ3n) is 2.51. The number of benzene rings is 1. The zero-order valence-electron chi connectivity index (χ0n) is 9.13. The summed E-state index contributed by atoms with van der Waals surface area (Å²) in [5.74, 6) is 0.759. The highest BCUT2D eigenvalue weighted by atomic mass is 35.5. The molecule has 4 heteroatoms. The highest BCUT2D eigenvalue weighted by Crippen LogP contribution is 2.34. The summed E-state index contributed by atoms with van der Waals surface area (Å²) in [4.78, 5) is 0. The fraction of sp³-hybridized carbons (Fsp3) is 0.500. The normalized spacial score (nSPS) is 18.6. The Hall–Kier alpha value is -0.440. The van der Waals surface area contributed by atoms with Crippen LogP contribution in [-0.2, 0) is 11.2 Å². The maximum atomic E-state index is 6.10. The minimum absolute atomic E-state index is 0.409. The topological polar surface area (TPSA) is 21.8 Å². The number of epoxide rings is 1. The molecule has 1 aliphatic heterocycles. The molecule has 2 rings (SSSR count). The maximum Gasteiger partial charge on any atom is 0.141 e. The lowest BCUT2D eigenvalue weighted by Crippen LogP contribution is -1.99. The van der Waals surface area contributed by atoms with Crippen molar-refractivity contribution in [3.8, 4) is 5.75 Å². The Bertz CT molecular complexity index is 376. The third kappa shape index (κ3) is 3.03. The number of ether oxygens (including phenoxy) is 2. The average Bonchev–Trinajstić information content (AvgIpc) is 3.03. The van der Waals surface area contributed by atoms with E-state index in [4.69, 9.17) is 32.7 Å². The minimum Gasteiger partial charge on any atom is -0.492 e. The Balaban J connectivity index is 2.16. The van der Waals surface area contributed by atoms with Crippen LogP contribution in [-0.4, -0.2) is 19.3 Å². The lowest BCUT2D eigenvalue weighted by Gasteiger charge is -2.12. The predicted octanol–water partition coefficient (Wildman–Crippen LogP) is 3.72. The highest BCUT2D eigenvalue weighted by Gasteiger charge is 2.22. The second-order valence-electron chi connectivity index (χ2n) is 3.80. The molecular formula is C12H14Cl2O2. The van der Waals surface area contributed by atoms with Crippen molar-refractivity contribution in [2.24, 2.45) is 0 Å². The molecule has 1 aromatic rings. The van der Waals surface area contributed by atoms with Gasteiger partial charge in [-0.3, -0.25) is 0 Å². The van der Waals surface area contributed by atoms with Crippen LogP contribution in [0.15, 0.2) is 12.1 Å². The van der Waals surface area contributed by atoms with Crippen molar-refractivity contribution in [3.05, 3.63) is 27.7 Å². The molecule has 0 amide bonds. The van der Waals surface area contributed by atoms with Crippen LogP contribution in [0.2, 0.25) is 10.0 Å². The van der Waals surface area contributed by atoms with E-state index in [1.807, 2.05) is 13.0 Å². The monoisotopic (exact) mass is 260 g/mol. The zero-order valence-corrected chi connectivity index (χ0v) is 10.6. The van der Waals surface area contributed by atoms with Gasteiger partial charge in [-0.2, -0.15) is 0 Å². The summed E-state index contributed by atoms with van der Waals surface area (Å²) in [5.41, 5.74) is 1.06. The number of halogens is 2. The fourth-order valence-corrected chi connectivity index (χ4v) is 2.25. The lowest BCUT2D eigenvalue weighted by molar-refractivity contribution is 0.335. The van der Waals surface area contributed by atoms with E-state index in [0.29, 0.717) is 22.8 Å². The van der Waals surface area contributed by atoms with Gasteiger partial charge in [0.15, 0.2) is 0 Å². The molecule has 1 atom stereocenters. The van der Waals surface area contributed by atoms with Gasteiger partial charge in [0.05, 0.1) is 24.3 Å². The number of hydrogen-bond acceptors (Lipinski definition) is 2. The molecule has 0 spiro atoms. The van der Waals surface area contributed by atoms with Crippen molar-refractivity contribution in [2.45, 2.75) is 25.9 Å². The third-order valence-corrected chi connectivity index (χ3v) is 3.01. The molecule has 0 N–H and O–H groups in total. The Kier molecular flexibility index (Phi) is 3.95. The molecule has 1 fully saturated rings. The van der Waals surface area contributed by atoms with Gasteiger partial charge in [-0.05, 0) is 37.5 Å². The molecule has 0 radical (unpaired) electrons. The van der Waals surface area contributed by atoms with Gasteiger partial charge in [-0.15, -0.1) is 0 Å². The Morgan fingerprint density at radius 3 is 2.81 bits per heavy atom. The van der Waals surface area contributed by atoms with Crippen molar-refractivity contribution in [1.82, 2.24) is 0 Å². The minimum atomic E-state index is 0.409. The Labute approximate surface area is 105 Å². The van der Waals surface area contributed by atoms with Crippen LogP contribution >= 0.6 is 23.2 Å². The number of hydrogen-bond donors (Lipinski definition) is 0. The molecule has 88 valence electrons. The number of aryl methyl sites for hydroxylation is 1. The second kappa shape index (κ2) is 5.26. The molecule has 1 saturated heterocycles. The van der Waals surface area contributed by atoms with E-state index in [2.05, 4.69) is 0 Å². The van der Waals surface area contributed by atoms with Gasteiger partial charge in [-0.25, -0.2) is 0 Å². The predicted molar refractivity (Wildman–Crippen MR) is 65.7 cm³/mol. The zero-order chi connectivity index (χ0) is 11.5. The van der Waals surface area contributed by atoms with Gasteiger partial charge in [0.1, 0.15) is 5.75 Å². The highest BCUT2D eigenvalue weighted by molar-refractivity contribution is 6.35. The van der Waals surface area contributed by atoms with E-state index in [9.17, 15) is 0 Å². The average molecular weight is 261 g/mol. The molecule has 1 aromatic carbocycles. The summed E-state index contributed by atoms with van der Waals surface area (Å²) >= 11 is 12.1. The van der Waals surface area contributed by atoms with Crippen molar-refractivity contribution in [1.29, 1.82) is 0 Å². The smallest absolute Gasteiger partial charge is 0.141 e. The molecule has 1 heterocycles. The summed E-state index contributed by atoms with van der Waals surface area (Å²) in [6, 6.07) is 3.63. The maximum absolute atomic E-state index is 6.10. The van der Waals surface area contributed by atoms with Gasteiger partial charge < -0.3 is 9.47 Å². The van der Waals surface area contributed by atoms with Gasteiger partial charge in [0.2, 0.25) is 0 Å². The molecule has 1 unspecified atom stereocenters. The second-order valence-corrected chi connectivity index (χ2v) is 4.65. The standard InChI is InChI=1S/C12H14Cl2O2/c1-2-15-12-8(3-4-10-7-16-10)5-9(13)6-11(12)14/h5-6,10H,2-4,7H2,1H3. The van der Waals surface area contributed by atoms with Crippen LogP contribution in [0.1, 0.15) is 18.9 Å². The quantitative estimate of drug-likeness (QED) is 0.753. The SMILES string of the molecule is CCOc1c(Cl)cc(Cl)cc1CCC1CO1. The first kappa shape index (κ1) is 12.0. The van der Waals surface area contributed by atoms with Crippen molar-refractivity contribution < 1.29 is 9.47 Å². The Morgan fingerprint density at radius 2 is 2.19 bits per heavy atom. The Morgan fingerprint density at radius 1 is 1.44 bits per heavy atom. The van der Waals surface area contributed by atoms with Crippen molar-refractivity contribution >= 4 is 23.2 Å². The van der Waals surface area contributed by atoms with Crippen LogP contribution in [0.25, 0.3) is 0 Å². The lowest BCUT2D eigenvalue weighted by atomic mass is 10.1. The largest absolute Gasteiger partial charge is 0.492 e. The van der Waals surface area contributed by atoms with Gasteiger partial charge in [0, 0.05) is 5.02 Å². The summed E-state index contributed by atoms with van der Waals surface area (Å²) in [7, 11) is 0. The molecule has 1 aliphatic rings. The van der Waals surface area contributed by atoms with Crippen molar-refractivity contribution in [2.75, 3.05) is 13.2 Å². The van der Waals surface area contributed by atoms with E-state index in [-0.39, 0.29) is 0 Å². The molecule has 0 saturated carbocycles. The van der Waals surface area contributed by atoms with E-state index in [1.54, 1.807) is 6.07 Å². The van der Waals surface area contributed by atoms with Crippen LogP contribution in [0.3, 0.4) is 0 Å². The summed E-state index contributed by atoms with van der Waals surface area (Å²) in [5, 5.41) is 1.24. The molecule has 0 bridgehead atoms. The molecule has 2 nitrogen and oxygen atoms in total. The summed E-state index contributed by atoms with van der Waals surface area (Å²) in [6.07, 6.45) is 2.30. The van der Waals surface area contributed by atoms with E-state index < -0.39 is 0 Å². The van der Waals surface area contributed by atoms with Crippen LogP contribution in [0.5, 0.6) is 5.75 Å². The summed E-state index contributed by atoms with van der Waals surface area (Å²) < 4.78 is 10.7. The molecule has 0 aromatic heterocycles. The first-order valence-electron chi connectivity index (χ1n) is 5.43. The van der Waals surface area contributed by atoms with Crippen LogP contribution < -0.4 is 4.74 Å². The molecule has 16 heavy (non-hydrogen) atoms. The van der Waals surface area contributed by atoms with Crippen LogP contribution in [0, 0.1) is 0 Å². The van der Waals surface area contributed by atoms with E-state index >= 15 is 0 Å². The summed E-state index contributed by atoms with van der Waals surface area (Å²) in [6.45, 7) is 3.42. The van der Waals surface area contributed by atoms with Gasteiger partial charge in [0.25, 0.3) is 0 Å². The van der Waals surface area contributed by atoms with E-state index in [1.165, 1.54) is 0 Å². The fourth-order valence-electron chi connectivity index (χ4n) is 1.66. The number of rotatable bonds is 5. The van der Waals surface area contributed by atoms with E-state index in [0.717, 1.165) is 30.8 Å². The molecule has 0 aliphatic carbocycles. The van der Waals surface area contributed by atoms with Crippen molar-refractivity contribution in [3.63, 3.8) is 0 Å². The van der Waals surface area contributed by atoms with Crippen LogP contribution in [0.4, 0.5) is 0 Å².